The van der Waals surface area contributed by atoms with Crippen LogP contribution in [-0.4, -0.2) is 0 Å². The first-order valence-electron chi connectivity index (χ1n) is 23.2. The lowest BCUT2D eigenvalue weighted by molar-refractivity contribution is 0.590. The summed E-state index contributed by atoms with van der Waals surface area (Å²) in [7, 11) is 0. The van der Waals surface area contributed by atoms with Crippen molar-refractivity contribution >= 4 is 93.9 Å². The van der Waals surface area contributed by atoms with Gasteiger partial charge < -0.3 is 19.1 Å². The zero-order chi connectivity index (χ0) is 45.7. The van der Waals surface area contributed by atoms with Crippen molar-refractivity contribution < 1.29 is 8.83 Å². The van der Waals surface area contributed by atoms with E-state index in [4.69, 9.17) is 8.83 Å². The zero-order valence-corrected chi connectivity index (χ0v) is 39.4. The number of rotatable bonds is 6. The summed E-state index contributed by atoms with van der Waals surface area (Å²) in [4.78, 5) is 2.36. The molecule has 0 amide bonds. The molecule has 0 fully saturated rings. The Bertz CT molecular complexity index is 3570. The van der Waals surface area contributed by atoms with E-state index in [1.807, 2.05) is 0 Å². The number of furan rings is 2. The van der Waals surface area contributed by atoms with Crippen LogP contribution < -0.4 is 10.2 Å². The first-order chi connectivity index (χ1) is 31.5. The molecular weight excluding hydrogens is 805 g/mol. The molecule has 0 unspecified atom stereocenters. The predicted octanol–water partition coefficient (Wildman–Crippen LogP) is 18.6. The van der Waals surface area contributed by atoms with Gasteiger partial charge in [0, 0.05) is 50.2 Å². The van der Waals surface area contributed by atoms with Gasteiger partial charge in [-0.1, -0.05) is 141 Å². The standard InChI is InChI=1S/C62H56N2O2/c1-60(2,3)43-17-24-46(25-18-43)63-47-23-15-39-34-54-56(35-41(39)31-47)66-58-51(38-13-11-10-12-14-38)37-53-52-33-40-16-26-50(32-42(40)36-55(52)65-59(53)57(54)58)64(48-27-19-44(20-28-48)61(4,5)6)49-29-21-45(22-30-49)62(7,8)9/h10-37,63H,1-9H3. The van der Waals surface area contributed by atoms with Gasteiger partial charge in [0.1, 0.15) is 22.3 Å². The monoisotopic (exact) mass is 860 g/mol. The fraction of sp³-hybridized carbons (Fsp3) is 0.194. The molecule has 1 N–H and O–H groups in total. The van der Waals surface area contributed by atoms with Gasteiger partial charge in [-0.25, -0.2) is 0 Å². The maximum Gasteiger partial charge on any atom is 0.147 e. The van der Waals surface area contributed by atoms with Crippen molar-refractivity contribution in [3.8, 4) is 11.1 Å². The van der Waals surface area contributed by atoms with Crippen molar-refractivity contribution in [3.05, 3.63) is 187 Å². The van der Waals surface area contributed by atoms with Gasteiger partial charge in [0.25, 0.3) is 0 Å². The molecule has 0 saturated heterocycles. The molecule has 0 aliphatic rings. The van der Waals surface area contributed by atoms with Crippen LogP contribution in [0.4, 0.5) is 28.4 Å². The largest absolute Gasteiger partial charge is 0.455 e. The average molecular weight is 861 g/mol. The van der Waals surface area contributed by atoms with Crippen LogP contribution in [0, 0.1) is 0 Å². The third-order valence-corrected chi connectivity index (χ3v) is 13.4. The molecule has 0 aliphatic heterocycles. The number of benzene rings is 9. The highest BCUT2D eigenvalue weighted by molar-refractivity contribution is 6.27. The van der Waals surface area contributed by atoms with Crippen LogP contribution in [0.15, 0.2) is 179 Å². The van der Waals surface area contributed by atoms with Crippen molar-refractivity contribution in [2.75, 3.05) is 10.2 Å². The third-order valence-electron chi connectivity index (χ3n) is 13.4. The quantitative estimate of drug-likeness (QED) is 0.181. The molecule has 66 heavy (non-hydrogen) atoms. The molecule has 0 radical (unpaired) electrons. The van der Waals surface area contributed by atoms with Crippen LogP contribution >= 0.6 is 0 Å². The Balaban J connectivity index is 1.05. The fourth-order valence-electron chi connectivity index (χ4n) is 9.58. The van der Waals surface area contributed by atoms with E-state index in [1.165, 1.54) is 16.7 Å². The van der Waals surface area contributed by atoms with Crippen LogP contribution in [-0.2, 0) is 16.2 Å². The maximum absolute atomic E-state index is 7.03. The average Bonchev–Trinajstić information content (AvgIpc) is 3.84. The summed E-state index contributed by atoms with van der Waals surface area (Å²) in [6, 6.07) is 61.9. The molecule has 11 rings (SSSR count). The minimum atomic E-state index is 0.0600. The summed E-state index contributed by atoms with van der Waals surface area (Å²) < 4.78 is 14.0. The number of fused-ring (bicyclic) bond motifs is 9. The molecule has 4 nitrogen and oxygen atoms in total. The molecule has 0 aliphatic carbocycles. The van der Waals surface area contributed by atoms with Crippen molar-refractivity contribution in [1.82, 2.24) is 0 Å². The fourth-order valence-corrected chi connectivity index (χ4v) is 9.58. The molecule has 0 saturated carbocycles. The summed E-state index contributed by atoms with van der Waals surface area (Å²) in [5.74, 6) is 0. The normalized spacial score (nSPS) is 12.6. The molecule has 0 atom stereocenters. The van der Waals surface area contributed by atoms with Crippen molar-refractivity contribution in [2.45, 2.75) is 78.6 Å². The van der Waals surface area contributed by atoms with E-state index in [9.17, 15) is 0 Å². The highest BCUT2D eigenvalue weighted by Gasteiger charge is 2.23. The summed E-state index contributed by atoms with van der Waals surface area (Å²) in [5, 5.41) is 12.3. The van der Waals surface area contributed by atoms with Gasteiger partial charge >= 0.3 is 0 Å². The van der Waals surface area contributed by atoms with E-state index in [0.29, 0.717) is 0 Å². The zero-order valence-electron chi connectivity index (χ0n) is 39.4. The Hall–Kier alpha value is -7.30. The molecule has 9 aromatic carbocycles. The summed E-state index contributed by atoms with van der Waals surface area (Å²) >= 11 is 0. The molecule has 11 aromatic rings. The Morgan fingerprint density at radius 2 is 0.864 bits per heavy atom. The van der Waals surface area contributed by atoms with Gasteiger partial charge in [-0.2, -0.15) is 0 Å². The minimum Gasteiger partial charge on any atom is -0.455 e. The first-order valence-corrected chi connectivity index (χ1v) is 23.2. The van der Waals surface area contributed by atoms with Crippen molar-refractivity contribution in [1.29, 1.82) is 0 Å². The smallest absolute Gasteiger partial charge is 0.147 e. The Kier molecular flexibility index (Phi) is 9.50. The van der Waals surface area contributed by atoms with E-state index >= 15 is 0 Å². The molecule has 0 bridgehead atoms. The Labute approximate surface area is 387 Å². The number of hydrogen-bond acceptors (Lipinski definition) is 4. The summed E-state index contributed by atoms with van der Waals surface area (Å²) in [6.07, 6.45) is 0. The molecule has 0 spiro atoms. The topological polar surface area (TPSA) is 41.6 Å². The van der Waals surface area contributed by atoms with Crippen molar-refractivity contribution in [2.24, 2.45) is 0 Å². The number of anilines is 5. The number of hydrogen-bond donors (Lipinski definition) is 1. The molecule has 2 heterocycles. The van der Waals surface area contributed by atoms with Gasteiger partial charge in [-0.05, 0) is 151 Å². The second-order valence-corrected chi connectivity index (χ2v) is 21.2. The predicted molar refractivity (Wildman–Crippen MR) is 282 cm³/mol. The van der Waals surface area contributed by atoms with Gasteiger partial charge in [0.05, 0.1) is 5.39 Å². The van der Waals surface area contributed by atoms with E-state index in [-0.39, 0.29) is 16.2 Å². The molecule has 4 heteroatoms. The second-order valence-electron chi connectivity index (χ2n) is 21.2. The summed E-state index contributed by atoms with van der Waals surface area (Å²) in [6.45, 7) is 20.3. The van der Waals surface area contributed by atoms with Crippen LogP contribution in [0.5, 0.6) is 0 Å². The van der Waals surface area contributed by atoms with Crippen LogP contribution in [0.2, 0.25) is 0 Å². The van der Waals surface area contributed by atoms with Gasteiger partial charge in [0.15, 0.2) is 0 Å². The van der Waals surface area contributed by atoms with E-state index < -0.39 is 0 Å². The molecule has 2 aromatic heterocycles. The van der Waals surface area contributed by atoms with Crippen LogP contribution in [0.25, 0.3) is 76.5 Å². The van der Waals surface area contributed by atoms with Crippen molar-refractivity contribution in [3.63, 3.8) is 0 Å². The number of nitrogens with one attached hydrogen (secondary N) is 1. The lowest BCUT2D eigenvalue weighted by Gasteiger charge is -2.28. The SMILES string of the molecule is CC(C)(C)c1ccc(Nc2ccc3cc4c(cc3c2)oc2c(-c3ccccc3)cc3c5cc6ccc(N(c7ccc(C(C)(C)C)cc7)c7ccc(C(C)(C)C)cc7)cc6cc5oc3c24)cc1. The summed E-state index contributed by atoms with van der Waals surface area (Å²) in [5.41, 5.74) is 15.0. The van der Waals surface area contributed by atoms with Gasteiger partial charge in [-0.15, -0.1) is 0 Å². The van der Waals surface area contributed by atoms with Crippen LogP contribution in [0.3, 0.4) is 0 Å². The van der Waals surface area contributed by atoms with Gasteiger partial charge in [-0.3, -0.25) is 0 Å². The van der Waals surface area contributed by atoms with Gasteiger partial charge in [0.2, 0.25) is 0 Å². The van der Waals surface area contributed by atoms with Crippen LogP contribution in [0.1, 0.15) is 79.0 Å². The molecule has 326 valence electrons. The minimum absolute atomic E-state index is 0.0600. The highest BCUT2D eigenvalue weighted by atomic mass is 16.3. The highest BCUT2D eigenvalue weighted by Crippen LogP contribution is 2.47. The maximum atomic E-state index is 7.03. The third kappa shape index (κ3) is 7.35. The van der Waals surface area contributed by atoms with E-state index in [0.717, 1.165) is 105 Å². The van der Waals surface area contributed by atoms with E-state index in [2.05, 4.69) is 242 Å². The number of nitrogens with zero attached hydrogens (tertiary/aromatic N) is 1. The second kappa shape index (κ2) is 15.1. The lowest BCUT2D eigenvalue weighted by atomic mass is 9.86. The molecular formula is C62H56N2O2. The lowest BCUT2D eigenvalue weighted by Crippen LogP contribution is -2.14. The van der Waals surface area contributed by atoms with E-state index in [1.54, 1.807) is 0 Å². The Morgan fingerprint density at radius 3 is 1.45 bits per heavy atom. The Morgan fingerprint density at radius 1 is 0.379 bits per heavy atom. The first kappa shape index (κ1) is 41.4.